The van der Waals surface area contributed by atoms with Gasteiger partial charge in [0.05, 0.1) is 43.6 Å². The monoisotopic (exact) mass is 1880 g/mol. The molecule has 135 heavy (non-hydrogen) atoms. The number of ether oxygens (including phenoxy) is 5. The summed E-state index contributed by atoms with van der Waals surface area (Å²) in [4.78, 5) is 84.7. The van der Waals surface area contributed by atoms with Crippen molar-refractivity contribution in [3.8, 4) is 5.69 Å². The van der Waals surface area contributed by atoms with Crippen LogP contribution in [0.25, 0.3) is 5.69 Å². The highest BCUT2D eigenvalue weighted by Gasteiger charge is 2.55. The molecule has 1 aliphatic carbocycles. The Balaban J connectivity index is 0.000000522. The van der Waals surface area contributed by atoms with Gasteiger partial charge in [0.2, 0.25) is 27.7 Å². The summed E-state index contributed by atoms with van der Waals surface area (Å²) in [6.07, 6.45) is 4.36. The largest absolute Gasteiger partial charge is 0.449 e. The van der Waals surface area contributed by atoms with Crippen molar-refractivity contribution in [1.29, 1.82) is 0 Å². The van der Waals surface area contributed by atoms with Crippen LogP contribution in [0, 0.1) is 5.41 Å². The highest BCUT2D eigenvalue weighted by molar-refractivity contribution is 7.89. The number of sulfonamides is 1. The number of amides is 7. The van der Waals surface area contributed by atoms with E-state index in [9.17, 15) is 42.0 Å². The Morgan fingerprint density at radius 3 is 1.23 bits per heavy atom. The molecular formula is C106H157N13O15S. The van der Waals surface area contributed by atoms with Crippen LogP contribution < -0.4 is 42.4 Å². The fourth-order valence-electron chi connectivity index (χ4n) is 11.7. The topological polar surface area (TPSA) is 387 Å². The van der Waals surface area contributed by atoms with Gasteiger partial charge in [0.1, 0.15) is 24.2 Å². The molecule has 7 amide bonds. The number of nitrogens with two attached hydrogens (primary N) is 1. The van der Waals surface area contributed by atoms with Crippen LogP contribution in [0.4, 0.5) is 32.5 Å². The van der Waals surface area contributed by atoms with Crippen LogP contribution in [0.5, 0.6) is 0 Å². The fourth-order valence-corrected chi connectivity index (χ4v) is 12.8. The number of hydrogen-bond acceptors (Lipinski definition) is 19. The van der Waals surface area contributed by atoms with Gasteiger partial charge in [0.25, 0.3) is 11.8 Å². The number of aliphatic hydroxyl groups excluding tert-OH is 1. The van der Waals surface area contributed by atoms with E-state index in [4.69, 9.17) is 34.5 Å². The van der Waals surface area contributed by atoms with Crippen molar-refractivity contribution in [2.24, 2.45) is 11.1 Å². The third kappa shape index (κ3) is 45.1. The summed E-state index contributed by atoms with van der Waals surface area (Å²) in [7, 11) is 1.30. The first-order valence-electron chi connectivity index (χ1n) is 45.1. The predicted octanol–water partition coefficient (Wildman–Crippen LogP) is 20.2. The summed E-state index contributed by atoms with van der Waals surface area (Å²) in [5.74, 6) is -0.442. The van der Waals surface area contributed by atoms with E-state index in [1.165, 1.54) is 29.2 Å². The number of carbonyl (C=O) groups excluding carboxylic acids is 7. The molecule has 10 rings (SSSR count). The molecule has 0 aliphatic heterocycles. The van der Waals surface area contributed by atoms with Gasteiger partial charge in [0, 0.05) is 82.3 Å². The zero-order chi connectivity index (χ0) is 101. The summed E-state index contributed by atoms with van der Waals surface area (Å²) in [6, 6.07) is 57.7. The van der Waals surface area contributed by atoms with Crippen LogP contribution in [0.2, 0.25) is 0 Å². The van der Waals surface area contributed by atoms with E-state index in [0.29, 0.717) is 75.0 Å². The predicted molar refractivity (Wildman–Crippen MR) is 545 cm³/mol. The second-order valence-corrected chi connectivity index (χ2v) is 42.1. The molecule has 29 heteroatoms. The molecule has 9 aromatic rings. The number of aliphatic hydroxyl groups is 1. The number of benzene rings is 7. The van der Waals surface area contributed by atoms with Crippen molar-refractivity contribution in [2.75, 3.05) is 102 Å². The summed E-state index contributed by atoms with van der Waals surface area (Å²) in [5.41, 5.74) is 19.2. The maximum Gasteiger partial charge on any atom is 0.412 e. The van der Waals surface area contributed by atoms with Gasteiger partial charge < -0.3 is 55.8 Å². The first-order chi connectivity index (χ1) is 62.2. The van der Waals surface area contributed by atoms with E-state index < -0.39 is 33.5 Å². The van der Waals surface area contributed by atoms with Crippen molar-refractivity contribution in [3.05, 3.63) is 250 Å². The van der Waals surface area contributed by atoms with Crippen molar-refractivity contribution in [2.45, 2.75) is 255 Å². The molecule has 28 nitrogen and oxygen atoms in total. The third-order valence-electron chi connectivity index (χ3n) is 20.5. The Hall–Kier alpha value is -11.6. The lowest BCUT2D eigenvalue weighted by atomic mass is 9.86. The van der Waals surface area contributed by atoms with Crippen LogP contribution in [0.15, 0.2) is 199 Å². The number of anilines is 4. The maximum absolute atomic E-state index is 12.0. The number of tetrazole rings is 1. The standard InChI is InChI=1S/C15H20N2O2.C14H21NO3.2C14H21NO2.C13H20N2O2.C12H19NO3S.C12H17NO.C11H14N4.CH4/c1-14(2,3)10-4-6-11(7-5-10)17-13(19)15(8-9-15)12(16)18;1-14(2,3)11-6-5-7-12(10-11)15-13(16)18-9-8-17-4;1-14(2,3)12-7-5-11(6-8-12)13(16)15-9-10-17-4;1-14(2,3)12-7-5-6-11(10-12)13(16)15-8-9-17-4;1-5-8-17-12(16)15-11-7-6-10(9-14-11)13(2,3)4;1-12(2,3)10-4-6-11(7-5-10)17(15,16)13-8-9-14;1-9(14)13-11-7-5-10(6-8-11)12(2,3)4;1-11(2,3)9-4-6-10(7-5-9)15-8-12-13-14-15;/h4-7H,8-9H2,1-3H3,(H2,16,18)(H,17,19);5-7,10H,8-9H2,1-4H3,(H,15,16);5-8H,9-10H2,1-4H3,(H,15,16);5-7,10H,8-9H2,1-4H3,(H,15,16);6-7,9H,5,8H2,1-4H3,(H,14,15,16);4-7,13-14H,8-9H2,1-3H3;5-8H,1-4H3,(H,13,14);4-8H,1-3H3;1H4. The normalized spacial score (nSPS) is 12.1. The van der Waals surface area contributed by atoms with Crippen LogP contribution in [0.3, 0.4) is 0 Å². The summed E-state index contributed by atoms with van der Waals surface area (Å²) < 4.78 is 51.8. The number of nitrogens with one attached hydrogen (secondary N) is 7. The highest BCUT2D eigenvalue weighted by Crippen LogP contribution is 2.46. The first-order valence-corrected chi connectivity index (χ1v) is 46.6. The maximum atomic E-state index is 12.0. The van der Waals surface area contributed by atoms with Gasteiger partial charge in [-0.2, -0.15) is 0 Å². The summed E-state index contributed by atoms with van der Waals surface area (Å²) >= 11 is 0. The van der Waals surface area contributed by atoms with Crippen molar-refractivity contribution >= 4 is 74.6 Å². The third-order valence-corrected chi connectivity index (χ3v) is 22.0. The number of carbonyl (C=O) groups is 7. The van der Waals surface area contributed by atoms with Gasteiger partial charge in [-0.1, -0.05) is 272 Å². The lowest BCUT2D eigenvalue weighted by Crippen LogP contribution is -2.36. The van der Waals surface area contributed by atoms with Gasteiger partial charge in [-0.3, -0.25) is 34.6 Å². The molecule has 0 radical (unpaired) electrons. The van der Waals surface area contributed by atoms with E-state index in [2.05, 4.69) is 235 Å². The molecule has 7 aromatic carbocycles. The molecule has 2 heterocycles. The van der Waals surface area contributed by atoms with E-state index in [1.807, 2.05) is 159 Å². The fraction of sp³-hybridized carbons (Fsp3) is 0.481. The van der Waals surface area contributed by atoms with Gasteiger partial charge >= 0.3 is 12.2 Å². The van der Waals surface area contributed by atoms with E-state index in [1.54, 1.807) is 56.7 Å². The molecule has 1 saturated carbocycles. The van der Waals surface area contributed by atoms with Crippen molar-refractivity contribution < 1.29 is 70.8 Å². The molecule has 0 saturated heterocycles. The average molecular weight is 1890 g/mol. The minimum absolute atomic E-state index is 0. The Labute approximate surface area is 805 Å². The second-order valence-electron chi connectivity index (χ2n) is 40.4. The minimum Gasteiger partial charge on any atom is -0.449 e. The van der Waals surface area contributed by atoms with Crippen LogP contribution in [0.1, 0.15) is 272 Å². The molecular weight excluding hydrogens is 1730 g/mol. The van der Waals surface area contributed by atoms with Crippen LogP contribution in [-0.4, -0.2) is 161 Å². The molecule has 0 bridgehead atoms. The number of pyridine rings is 1. The Morgan fingerprint density at radius 1 is 0.437 bits per heavy atom. The molecule has 742 valence electrons. The average Bonchev–Trinajstić information content (AvgIpc) is 1.62. The van der Waals surface area contributed by atoms with Gasteiger partial charge in [-0.15, -0.1) is 5.10 Å². The SMILES string of the molecule is C.CC(=O)Nc1ccc(C(C)(C)C)cc1.CC(C)(C)c1ccc(-n2cnnn2)cc1.CC(C)(C)c1ccc(NC(=O)C2(C(N)=O)CC2)cc1.CC(C)(C)c1ccc(S(=O)(=O)NCCO)cc1.CCCOC(=O)Nc1ccc(C(C)(C)C)cn1.COCCNC(=O)c1ccc(C(C)(C)C)cc1.COCCNC(=O)c1cccc(C(C)(C)C)c1.COCCOC(=O)Nc1cccc(C(C)(C)C)c1. The molecule has 0 atom stereocenters. The molecule has 0 unspecified atom stereocenters. The smallest absolute Gasteiger partial charge is 0.412 e. The lowest BCUT2D eigenvalue weighted by Gasteiger charge is -2.19. The Kier molecular flexibility index (Phi) is 49.1. The number of rotatable bonds is 24. The van der Waals surface area contributed by atoms with Crippen LogP contribution >= 0.6 is 0 Å². The van der Waals surface area contributed by atoms with Gasteiger partial charge in [0.15, 0.2) is 0 Å². The zero-order valence-electron chi connectivity index (χ0n) is 84.8. The summed E-state index contributed by atoms with van der Waals surface area (Å²) in [5, 5.41) is 36.0. The number of methoxy groups -OCH3 is 3. The molecule has 10 N–H and O–H groups in total. The van der Waals surface area contributed by atoms with Gasteiger partial charge in [-0.05, 0) is 209 Å². The lowest BCUT2D eigenvalue weighted by molar-refractivity contribution is -0.132. The number of nitrogens with zero attached hydrogens (tertiary/aromatic N) is 5. The van der Waals surface area contributed by atoms with E-state index in [-0.39, 0.29) is 99.0 Å². The van der Waals surface area contributed by atoms with Crippen LogP contribution in [-0.2, 0) is 91.4 Å². The second kappa shape index (κ2) is 55.4. The Morgan fingerprint density at radius 2 is 0.837 bits per heavy atom. The quantitative estimate of drug-likeness (QED) is 0.0200. The van der Waals surface area contributed by atoms with Crippen molar-refractivity contribution in [1.82, 2.24) is 40.5 Å². The van der Waals surface area contributed by atoms with Gasteiger partial charge in [-0.25, -0.2) is 32.4 Å². The molecule has 1 fully saturated rings. The molecule has 0 spiro atoms. The minimum atomic E-state index is -3.49. The number of aromatic nitrogens is 5. The first kappa shape index (κ1) is 119. The van der Waals surface area contributed by atoms with Crippen molar-refractivity contribution in [3.63, 3.8) is 0 Å². The number of hydrogen-bond donors (Lipinski definition) is 9. The number of primary amides is 1. The van der Waals surface area contributed by atoms with E-state index in [0.717, 1.165) is 45.7 Å². The zero-order valence-corrected chi connectivity index (χ0v) is 85.7. The van der Waals surface area contributed by atoms with E-state index >= 15 is 0 Å². The summed E-state index contributed by atoms with van der Waals surface area (Å²) in [6.45, 7) is 57.8. The Bertz CT molecular complexity index is 5170. The molecule has 1 aliphatic rings. The molecule has 2 aromatic heterocycles. The highest BCUT2D eigenvalue weighted by atomic mass is 32.2.